The van der Waals surface area contributed by atoms with Gasteiger partial charge in [-0.1, -0.05) is 0 Å². The second-order valence-corrected chi connectivity index (χ2v) is 4.88. The van der Waals surface area contributed by atoms with Crippen molar-refractivity contribution in [1.82, 2.24) is 20.2 Å². The zero-order valence-electron chi connectivity index (χ0n) is 11.5. The molecule has 0 aliphatic carbocycles. The number of H-pyrrole nitrogens is 1. The molecule has 1 aliphatic rings. The Kier molecular flexibility index (Phi) is 4.07. The minimum absolute atomic E-state index is 0.0994. The van der Waals surface area contributed by atoms with Gasteiger partial charge in [0.25, 0.3) is 0 Å². The molecule has 1 fully saturated rings. The van der Waals surface area contributed by atoms with Crippen LogP contribution < -0.4 is 15.3 Å². The molecule has 1 saturated heterocycles. The molecule has 10 nitrogen and oxygen atoms in total. The Morgan fingerprint density at radius 3 is 2.55 bits per heavy atom. The van der Waals surface area contributed by atoms with Gasteiger partial charge in [-0.25, -0.2) is 19.9 Å². The third-order valence-corrected chi connectivity index (χ3v) is 3.44. The Bertz CT molecular complexity index is 664. The summed E-state index contributed by atoms with van der Waals surface area (Å²) >= 11 is 0. The van der Waals surface area contributed by atoms with Crippen LogP contribution in [-0.4, -0.2) is 50.6 Å². The van der Waals surface area contributed by atoms with Crippen LogP contribution in [0.3, 0.4) is 0 Å². The lowest BCUT2D eigenvalue weighted by molar-refractivity contribution is 0.287. The summed E-state index contributed by atoms with van der Waals surface area (Å²) in [7, 11) is -1.89. The maximum absolute atomic E-state index is 11.0. The minimum Gasteiger partial charge on any atom is -0.509 e. The Balaban J connectivity index is 1.60. The molecular weight excluding hydrogens is 293 g/mol. The van der Waals surface area contributed by atoms with Gasteiger partial charge in [0.15, 0.2) is 0 Å². The van der Waals surface area contributed by atoms with Crippen molar-refractivity contribution < 1.29 is 19.1 Å². The van der Waals surface area contributed by atoms with Crippen LogP contribution in [0.15, 0.2) is 21.6 Å². The smallest absolute Gasteiger partial charge is 0.509 e. The lowest BCUT2D eigenvalue weighted by atomic mass is 9.97. The summed E-state index contributed by atoms with van der Waals surface area (Å²) in [6, 6.07) is 0. The van der Waals surface area contributed by atoms with Gasteiger partial charge in [0.05, 0.1) is 12.4 Å². The Labute approximate surface area is 124 Å². The summed E-state index contributed by atoms with van der Waals surface area (Å²) in [6.07, 6.45) is 4.29. The maximum Gasteiger partial charge on any atom is 0.707 e. The highest BCUT2D eigenvalue weighted by molar-refractivity contribution is 6.33. The summed E-state index contributed by atoms with van der Waals surface area (Å²) in [5.41, 5.74) is 0. The summed E-state index contributed by atoms with van der Waals surface area (Å²) < 4.78 is 9.63. The molecule has 11 heteroatoms. The first-order valence-corrected chi connectivity index (χ1v) is 6.77. The van der Waals surface area contributed by atoms with E-state index >= 15 is 0 Å². The molecular formula is C11H14BN5O5. The van der Waals surface area contributed by atoms with E-state index in [2.05, 4.69) is 24.8 Å². The molecule has 0 atom stereocenters. The lowest BCUT2D eigenvalue weighted by Crippen LogP contribution is -2.34. The van der Waals surface area contributed by atoms with Gasteiger partial charge in [-0.3, -0.25) is 0 Å². The first-order valence-electron chi connectivity index (χ1n) is 6.77. The molecule has 0 saturated carbocycles. The van der Waals surface area contributed by atoms with Crippen molar-refractivity contribution in [3.63, 3.8) is 0 Å². The Morgan fingerprint density at radius 1 is 1.32 bits per heavy atom. The van der Waals surface area contributed by atoms with Crippen molar-refractivity contribution in [3.8, 4) is 5.75 Å². The highest BCUT2D eigenvalue weighted by atomic mass is 16.6. The molecule has 0 bridgehead atoms. The SMILES string of the molecule is O=c1[nH]nc(C2CCN(c3ncc(OB(O)O)cn3)CC2)o1. The van der Waals surface area contributed by atoms with Gasteiger partial charge in [0.2, 0.25) is 11.8 Å². The van der Waals surface area contributed by atoms with Gasteiger partial charge in [0.1, 0.15) is 5.75 Å². The highest BCUT2D eigenvalue weighted by Gasteiger charge is 2.25. The van der Waals surface area contributed by atoms with Crippen molar-refractivity contribution in [2.45, 2.75) is 18.8 Å². The van der Waals surface area contributed by atoms with Crippen molar-refractivity contribution in [1.29, 1.82) is 0 Å². The first-order chi connectivity index (χ1) is 10.6. The number of hydrogen-bond donors (Lipinski definition) is 3. The molecule has 2 aromatic heterocycles. The standard InChI is InChI=1S/C11H14BN5O5/c18-11-16-15-9(21-11)7-1-3-17(4-2-7)10-13-5-8(6-14-10)22-12(19)20/h5-7,19-20H,1-4H2,(H,16,18). The van der Waals surface area contributed by atoms with Crippen LogP contribution in [-0.2, 0) is 0 Å². The average Bonchev–Trinajstić information content (AvgIpc) is 2.94. The molecule has 2 aromatic rings. The van der Waals surface area contributed by atoms with E-state index in [9.17, 15) is 4.79 Å². The van der Waals surface area contributed by atoms with E-state index < -0.39 is 13.1 Å². The highest BCUT2D eigenvalue weighted by Crippen LogP contribution is 2.27. The fourth-order valence-corrected chi connectivity index (χ4v) is 2.40. The molecule has 22 heavy (non-hydrogen) atoms. The average molecular weight is 307 g/mol. The molecule has 1 aliphatic heterocycles. The number of piperidine rings is 1. The van der Waals surface area contributed by atoms with Gasteiger partial charge in [-0.15, -0.1) is 5.10 Å². The van der Waals surface area contributed by atoms with Crippen molar-refractivity contribution in [2.75, 3.05) is 18.0 Å². The molecule has 0 spiro atoms. The number of aromatic amines is 1. The quantitative estimate of drug-likeness (QED) is 0.600. The summed E-state index contributed by atoms with van der Waals surface area (Å²) in [6.45, 7) is 1.40. The van der Waals surface area contributed by atoms with E-state index in [-0.39, 0.29) is 11.7 Å². The molecule has 3 heterocycles. The van der Waals surface area contributed by atoms with Crippen LogP contribution in [0.2, 0.25) is 0 Å². The fourth-order valence-electron chi connectivity index (χ4n) is 2.40. The number of nitrogens with one attached hydrogen (secondary N) is 1. The van der Waals surface area contributed by atoms with E-state index in [1.807, 2.05) is 4.90 Å². The number of hydrogen-bond acceptors (Lipinski definition) is 9. The maximum atomic E-state index is 11.0. The molecule has 0 radical (unpaired) electrons. The topological polar surface area (TPSA) is 138 Å². The molecule has 116 valence electrons. The third-order valence-electron chi connectivity index (χ3n) is 3.44. The molecule has 0 unspecified atom stereocenters. The van der Waals surface area contributed by atoms with E-state index in [4.69, 9.17) is 14.5 Å². The minimum atomic E-state index is -1.89. The first kappa shape index (κ1) is 14.5. The lowest BCUT2D eigenvalue weighted by Gasteiger charge is -2.30. The van der Waals surface area contributed by atoms with Crippen LogP contribution in [0.4, 0.5) is 5.95 Å². The van der Waals surface area contributed by atoms with Crippen LogP contribution >= 0.6 is 0 Å². The van der Waals surface area contributed by atoms with Crippen LogP contribution in [0.5, 0.6) is 5.75 Å². The Hall–Kier alpha value is -2.40. The normalized spacial score (nSPS) is 15.8. The van der Waals surface area contributed by atoms with E-state index in [1.165, 1.54) is 12.4 Å². The van der Waals surface area contributed by atoms with Gasteiger partial charge in [-0.05, 0) is 12.8 Å². The summed E-state index contributed by atoms with van der Waals surface area (Å²) in [4.78, 5) is 21.2. The van der Waals surface area contributed by atoms with E-state index in [1.54, 1.807) is 0 Å². The van der Waals surface area contributed by atoms with Crippen molar-refractivity contribution in [3.05, 3.63) is 28.8 Å². The number of rotatable bonds is 4. The predicted octanol–water partition coefficient (Wildman–Crippen LogP) is -1.11. The molecule has 0 aromatic carbocycles. The van der Waals surface area contributed by atoms with E-state index in [0.717, 1.165) is 12.8 Å². The van der Waals surface area contributed by atoms with Crippen molar-refractivity contribution in [2.24, 2.45) is 0 Å². The molecule has 3 rings (SSSR count). The van der Waals surface area contributed by atoms with Crippen LogP contribution in [0.25, 0.3) is 0 Å². The molecule has 0 amide bonds. The van der Waals surface area contributed by atoms with Gasteiger partial charge in [0, 0.05) is 19.0 Å². The van der Waals surface area contributed by atoms with Gasteiger partial charge >= 0.3 is 13.1 Å². The number of aromatic nitrogens is 4. The molecule has 3 N–H and O–H groups in total. The summed E-state index contributed by atoms with van der Waals surface area (Å²) in [5.74, 6) is 0.699. The van der Waals surface area contributed by atoms with Crippen molar-refractivity contribution >= 4 is 13.3 Å². The van der Waals surface area contributed by atoms with Gasteiger partial charge < -0.3 is 24.0 Å². The monoisotopic (exact) mass is 307 g/mol. The second-order valence-electron chi connectivity index (χ2n) is 4.88. The zero-order valence-corrected chi connectivity index (χ0v) is 11.5. The predicted molar refractivity (Wildman–Crippen MR) is 74.2 cm³/mol. The van der Waals surface area contributed by atoms with Crippen LogP contribution in [0, 0.1) is 0 Å². The van der Waals surface area contributed by atoms with Crippen LogP contribution in [0.1, 0.15) is 24.7 Å². The fraction of sp³-hybridized carbons (Fsp3) is 0.455. The van der Waals surface area contributed by atoms with Gasteiger partial charge in [-0.2, -0.15) is 0 Å². The second kappa shape index (κ2) is 6.16. The Morgan fingerprint density at radius 2 is 2.00 bits per heavy atom. The summed E-state index contributed by atoms with van der Waals surface area (Å²) in [5, 5.41) is 23.5. The number of anilines is 1. The zero-order chi connectivity index (χ0) is 15.5. The number of nitrogens with zero attached hydrogens (tertiary/aromatic N) is 4. The van der Waals surface area contributed by atoms with E-state index in [0.29, 0.717) is 24.9 Å². The third kappa shape index (κ3) is 3.26. The largest absolute Gasteiger partial charge is 0.707 e.